The standard InChI is InChI=1S/C15H10ClN5/c1-9-12-13(16)10-5-2-3-6-11(10)19-14(12)21(20-9)15-17-7-4-8-18-15/h2-8H,1H3. The zero-order valence-electron chi connectivity index (χ0n) is 11.2. The van der Waals surface area contributed by atoms with Crippen molar-refractivity contribution in [2.45, 2.75) is 6.92 Å². The van der Waals surface area contributed by atoms with Crippen LogP contribution in [0.1, 0.15) is 5.69 Å². The van der Waals surface area contributed by atoms with Crippen molar-refractivity contribution >= 4 is 33.5 Å². The van der Waals surface area contributed by atoms with Gasteiger partial charge in [-0.3, -0.25) is 0 Å². The second kappa shape index (κ2) is 4.49. The quantitative estimate of drug-likeness (QED) is 0.540. The number of halogens is 1. The van der Waals surface area contributed by atoms with E-state index in [1.165, 1.54) is 0 Å². The largest absolute Gasteiger partial charge is 0.252 e. The lowest BCUT2D eigenvalue weighted by atomic mass is 10.1. The number of hydrogen-bond acceptors (Lipinski definition) is 4. The molecule has 0 spiro atoms. The summed E-state index contributed by atoms with van der Waals surface area (Å²) >= 11 is 6.55. The Morgan fingerprint density at radius 2 is 1.81 bits per heavy atom. The van der Waals surface area contributed by atoms with Crippen molar-refractivity contribution in [3.63, 3.8) is 0 Å². The number of nitrogens with zero attached hydrogens (tertiary/aromatic N) is 5. The number of pyridine rings is 1. The van der Waals surface area contributed by atoms with Gasteiger partial charge in [0.05, 0.1) is 21.6 Å². The molecule has 0 unspecified atom stereocenters. The van der Waals surface area contributed by atoms with E-state index >= 15 is 0 Å². The fourth-order valence-electron chi connectivity index (χ4n) is 2.42. The highest BCUT2D eigenvalue weighted by Gasteiger charge is 2.17. The first-order valence-corrected chi connectivity index (χ1v) is 6.84. The highest BCUT2D eigenvalue weighted by Crippen LogP contribution is 2.32. The summed E-state index contributed by atoms with van der Waals surface area (Å²) < 4.78 is 1.63. The first-order chi connectivity index (χ1) is 10.3. The molecule has 0 N–H and O–H groups in total. The summed E-state index contributed by atoms with van der Waals surface area (Å²) in [7, 11) is 0. The van der Waals surface area contributed by atoms with E-state index in [0.717, 1.165) is 22.0 Å². The predicted octanol–water partition coefficient (Wildman–Crippen LogP) is 3.33. The lowest BCUT2D eigenvalue weighted by molar-refractivity contribution is 0.812. The summed E-state index contributed by atoms with van der Waals surface area (Å²) in [4.78, 5) is 13.1. The van der Waals surface area contributed by atoms with Gasteiger partial charge in [0.1, 0.15) is 0 Å². The van der Waals surface area contributed by atoms with Gasteiger partial charge in [-0.05, 0) is 19.1 Å². The van der Waals surface area contributed by atoms with E-state index in [-0.39, 0.29) is 0 Å². The molecular formula is C15H10ClN5. The Hall–Kier alpha value is -2.53. The minimum absolute atomic E-state index is 0.481. The van der Waals surface area contributed by atoms with Crippen LogP contribution in [0.25, 0.3) is 27.9 Å². The molecule has 0 fully saturated rings. The molecule has 102 valence electrons. The van der Waals surface area contributed by atoms with Gasteiger partial charge in [-0.2, -0.15) is 9.78 Å². The summed E-state index contributed by atoms with van der Waals surface area (Å²) in [6, 6.07) is 9.53. The molecule has 5 nitrogen and oxygen atoms in total. The van der Waals surface area contributed by atoms with Gasteiger partial charge in [-0.15, -0.1) is 0 Å². The first kappa shape index (κ1) is 12.2. The van der Waals surface area contributed by atoms with Crippen molar-refractivity contribution in [3.05, 3.63) is 53.4 Å². The summed E-state index contributed by atoms with van der Waals surface area (Å²) in [6.07, 6.45) is 3.35. The van der Waals surface area contributed by atoms with Gasteiger partial charge in [0.25, 0.3) is 5.95 Å². The molecule has 4 aromatic rings. The van der Waals surface area contributed by atoms with Crippen LogP contribution >= 0.6 is 11.6 Å². The molecule has 0 aliphatic carbocycles. The minimum atomic E-state index is 0.481. The maximum Gasteiger partial charge on any atom is 0.252 e. The van der Waals surface area contributed by atoms with Crippen molar-refractivity contribution < 1.29 is 0 Å². The van der Waals surface area contributed by atoms with Gasteiger partial charge in [0, 0.05) is 17.8 Å². The molecule has 0 aliphatic heterocycles. The van der Waals surface area contributed by atoms with E-state index in [4.69, 9.17) is 11.6 Å². The second-order valence-corrected chi connectivity index (χ2v) is 5.07. The number of aromatic nitrogens is 5. The van der Waals surface area contributed by atoms with Gasteiger partial charge in [0.15, 0.2) is 5.65 Å². The molecule has 0 saturated carbocycles. The van der Waals surface area contributed by atoms with Gasteiger partial charge in [0.2, 0.25) is 0 Å². The van der Waals surface area contributed by atoms with Gasteiger partial charge in [-0.25, -0.2) is 15.0 Å². The molecule has 21 heavy (non-hydrogen) atoms. The van der Waals surface area contributed by atoms with Crippen molar-refractivity contribution in [2.24, 2.45) is 0 Å². The van der Waals surface area contributed by atoms with Crippen LogP contribution in [0.15, 0.2) is 42.7 Å². The molecule has 6 heteroatoms. The van der Waals surface area contributed by atoms with Crippen LogP contribution in [-0.2, 0) is 0 Å². The Kier molecular flexibility index (Phi) is 2.62. The van der Waals surface area contributed by atoms with Crippen LogP contribution in [0.5, 0.6) is 0 Å². The Bertz CT molecular complexity index is 962. The first-order valence-electron chi connectivity index (χ1n) is 6.46. The van der Waals surface area contributed by atoms with E-state index in [2.05, 4.69) is 20.1 Å². The van der Waals surface area contributed by atoms with Crippen LogP contribution < -0.4 is 0 Å². The number of fused-ring (bicyclic) bond motifs is 2. The third-order valence-electron chi connectivity index (χ3n) is 3.36. The predicted molar refractivity (Wildman–Crippen MR) is 81.7 cm³/mol. The summed E-state index contributed by atoms with van der Waals surface area (Å²) in [5, 5.41) is 6.91. The van der Waals surface area contributed by atoms with Gasteiger partial charge >= 0.3 is 0 Å². The second-order valence-electron chi connectivity index (χ2n) is 4.69. The summed E-state index contributed by atoms with van der Waals surface area (Å²) in [6.45, 7) is 1.91. The maximum atomic E-state index is 6.55. The summed E-state index contributed by atoms with van der Waals surface area (Å²) in [5.74, 6) is 0.481. The van der Waals surface area contributed by atoms with Crippen LogP contribution in [0.4, 0.5) is 0 Å². The number of benzene rings is 1. The molecule has 0 aliphatic rings. The average molecular weight is 296 g/mol. The molecule has 0 radical (unpaired) electrons. The van der Waals surface area contributed by atoms with Crippen LogP contribution in [0, 0.1) is 6.92 Å². The topological polar surface area (TPSA) is 56.5 Å². The van der Waals surface area contributed by atoms with E-state index in [1.54, 1.807) is 23.1 Å². The van der Waals surface area contributed by atoms with Crippen LogP contribution in [0.2, 0.25) is 5.02 Å². The number of aryl methyl sites for hydroxylation is 1. The van der Waals surface area contributed by atoms with Crippen molar-refractivity contribution in [1.29, 1.82) is 0 Å². The average Bonchev–Trinajstić information content (AvgIpc) is 2.86. The zero-order valence-corrected chi connectivity index (χ0v) is 11.9. The van der Waals surface area contributed by atoms with E-state index < -0.39 is 0 Å². The molecule has 0 saturated heterocycles. The van der Waals surface area contributed by atoms with Crippen LogP contribution in [-0.4, -0.2) is 24.7 Å². The van der Waals surface area contributed by atoms with Gasteiger partial charge in [-0.1, -0.05) is 29.8 Å². The molecule has 3 aromatic heterocycles. The zero-order chi connectivity index (χ0) is 14.4. The smallest absolute Gasteiger partial charge is 0.228 e. The third kappa shape index (κ3) is 1.78. The van der Waals surface area contributed by atoms with Crippen LogP contribution in [0.3, 0.4) is 0 Å². The third-order valence-corrected chi connectivity index (χ3v) is 3.76. The van der Waals surface area contributed by atoms with E-state index in [9.17, 15) is 0 Å². The fraction of sp³-hybridized carbons (Fsp3) is 0.0667. The molecule has 0 amide bonds. The number of hydrogen-bond donors (Lipinski definition) is 0. The minimum Gasteiger partial charge on any atom is -0.228 e. The molecular weight excluding hydrogens is 286 g/mol. The van der Waals surface area contributed by atoms with Crippen molar-refractivity contribution in [3.8, 4) is 5.95 Å². The molecule has 3 heterocycles. The SMILES string of the molecule is Cc1nn(-c2ncccn2)c2nc3ccccc3c(Cl)c12. The maximum absolute atomic E-state index is 6.55. The van der Waals surface area contributed by atoms with E-state index in [0.29, 0.717) is 16.6 Å². The Labute approximate surface area is 125 Å². The molecule has 4 rings (SSSR count). The molecule has 0 bridgehead atoms. The van der Waals surface area contributed by atoms with E-state index in [1.807, 2.05) is 31.2 Å². The van der Waals surface area contributed by atoms with Crippen molar-refractivity contribution in [1.82, 2.24) is 24.7 Å². The Morgan fingerprint density at radius 1 is 1.05 bits per heavy atom. The lowest BCUT2D eigenvalue weighted by Gasteiger charge is -2.03. The number of rotatable bonds is 1. The molecule has 1 aromatic carbocycles. The monoisotopic (exact) mass is 295 g/mol. The summed E-state index contributed by atoms with van der Waals surface area (Å²) in [5.41, 5.74) is 2.30. The highest BCUT2D eigenvalue weighted by molar-refractivity contribution is 6.40. The fourth-order valence-corrected chi connectivity index (χ4v) is 2.80. The molecule has 0 atom stereocenters. The highest BCUT2D eigenvalue weighted by atomic mass is 35.5. The Morgan fingerprint density at radius 3 is 2.62 bits per heavy atom. The lowest BCUT2D eigenvalue weighted by Crippen LogP contribution is -2.03. The van der Waals surface area contributed by atoms with Gasteiger partial charge < -0.3 is 0 Å². The normalized spacial score (nSPS) is 11.3. The Balaban J connectivity index is 2.16. The van der Waals surface area contributed by atoms with Crippen molar-refractivity contribution in [2.75, 3.05) is 0 Å². The number of para-hydroxylation sites is 1.